The Balaban J connectivity index is 2.56. The maximum absolute atomic E-state index is 11.8. The molecule has 13 heavy (non-hydrogen) atoms. The summed E-state index contributed by atoms with van der Waals surface area (Å²) in [5.41, 5.74) is 1.09. The second-order valence-electron chi connectivity index (χ2n) is 2.64. The molecule has 0 fully saturated rings. The Kier molecular flexibility index (Phi) is 4.26. The molecule has 0 aliphatic heterocycles. The van der Waals surface area contributed by atoms with Crippen LogP contribution < -0.4 is 4.74 Å². The molecule has 0 heterocycles. The second-order valence-corrected chi connectivity index (χ2v) is 2.64. The van der Waals surface area contributed by atoms with Gasteiger partial charge in [0.05, 0.1) is 6.61 Å². The van der Waals surface area contributed by atoms with Gasteiger partial charge in [-0.3, -0.25) is 0 Å². The Morgan fingerprint density at radius 2 is 2.23 bits per heavy atom. The predicted molar refractivity (Wildman–Crippen MR) is 48.6 cm³/mol. The van der Waals surface area contributed by atoms with Crippen molar-refractivity contribution in [2.75, 3.05) is 20.6 Å². The van der Waals surface area contributed by atoms with E-state index in [1.807, 2.05) is 18.2 Å². The zero-order valence-electron chi connectivity index (χ0n) is 7.63. The fraction of sp³-hybridized carbons (Fsp3) is 0.400. The van der Waals surface area contributed by atoms with Crippen LogP contribution in [0.25, 0.3) is 0 Å². The van der Waals surface area contributed by atoms with Crippen LogP contribution in [0.4, 0.5) is 4.39 Å². The molecule has 0 saturated carbocycles. The highest BCUT2D eigenvalue weighted by atomic mass is 19.1. The first-order valence-corrected chi connectivity index (χ1v) is 4.13. The Hall–Kier alpha value is -1.09. The van der Waals surface area contributed by atoms with Crippen LogP contribution in [0, 0.1) is 0 Å². The largest absolute Gasteiger partial charge is 0.463 e. The third-order valence-electron chi connectivity index (χ3n) is 1.71. The van der Waals surface area contributed by atoms with E-state index in [1.165, 1.54) is 0 Å². The highest BCUT2D eigenvalue weighted by molar-refractivity contribution is 5.28. The maximum Gasteiger partial charge on any atom is 0.228 e. The number of alkyl halides is 1. The van der Waals surface area contributed by atoms with Crippen LogP contribution >= 0.6 is 0 Å². The van der Waals surface area contributed by atoms with Crippen LogP contribution in [0.15, 0.2) is 24.3 Å². The lowest BCUT2D eigenvalue weighted by molar-refractivity contribution is 0.190. The maximum atomic E-state index is 11.8. The average molecular weight is 184 g/mol. The molecule has 0 saturated heterocycles. The lowest BCUT2D eigenvalue weighted by atomic mass is 10.1. The number of hydrogen-bond donors (Lipinski definition) is 0. The smallest absolute Gasteiger partial charge is 0.228 e. The zero-order chi connectivity index (χ0) is 9.52. The third-order valence-corrected chi connectivity index (χ3v) is 1.71. The van der Waals surface area contributed by atoms with E-state index in [0.29, 0.717) is 12.4 Å². The summed E-state index contributed by atoms with van der Waals surface area (Å²) in [5.74, 6) is 0.566. The van der Waals surface area contributed by atoms with E-state index >= 15 is 0 Å². The molecule has 0 aliphatic carbocycles. The van der Waals surface area contributed by atoms with Gasteiger partial charge >= 0.3 is 0 Å². The molecule has 2 nitrogen and oxygen atoms in total. The number of hydrogen-bond acceptors (Lipinski definition) is 2. The standard InChI is InChI=1S/C10H13FO2/c1-12-6-5-9-3-2-4-10(7-9)13-8-11/h2-4,7H,5-6,8H2,1H3. The first kappa shape index (κ1) is 9.99. The summed E-state index contributed by atoms with van der Waals surface area (Å²) in [5, 5.41) is 0. The first-order chi connectivity index (χ1) is 6.36. The molecule has 0 aromatic heterocycles. The van der Waals surface area contributed by atoms with Crippen molar-refractivity contribution in [1.82, 2.24) is 0 Å². The van der Waals surface area contributed by atoms with Gasteiger partial charge in [-0.15, -0.1) is 0 Å². The summed E-state index contributed by atoms with van der Waals surface area (Å²) in [4.78, 5) is 0. The molecule has 0 spiro atoms. The van der Waals surface area contributed by atoms with E-state index < -0.39 is 6.86 Å². The fourth-order valence-electron chi connectivity index (χ4n) is 1.07. The Morgan fingerprint density at radius 3 is 2.92 bits per heavy atom. The van der Waals surface area contributed by atoms with Gasteiger partial charge in [-0.05, 0) is 24.1 Å². The van der Waals surface area contributed by atoms with E-state index in [9.17, 15) is 4.39 Å². The summed E-state index contributed by atoms with van der Waals surface area (Å²) in [6.07, 6.45) is 0.819. The van der Waals surface area contributed by atoms with Crippen molar-refractivity contribution in [2.24, 2.45) is 0 Å². The van der Waals surface area contributed by atoms with E-state index in [1.54, 1.807) is 13.2 Å². The number of halogens is 1. The number of rotatable bonds is 5. The topological polar surface area (TPSA) is 18.5 Å². The molecule has 1 rings (SSSR count). The molecule has 0 amide bonds. The summed E-state index contributed by atoms with van der Waals surface area (Å²) in [7, 11) is 1.65. The summed E-state index contributed by atoms with van der Waals surface area (Å²) in [6.45, 7) is -0.118. The minimum atomic E-state index is -0.784. The van der Waals surface area contributed by atoms with Crippen molar-refractivity contribution in [2.45, 2.75) is 6.42 Å². The number of methoxy groups -OCH3 is 1. The normalized spacial score (nSPS) is 10.0. The molecule has 0 bridgehead atoms. The van der Waals surface area contributed by atoms with Gasteiger partial charge in [-0.25, -0.2) is 4.39 Å². The minimum Gasteiger partial charge on any atom is -0.463 e. The minimum absolute atomic E-state index is 0.566. The van der Waals surface area contributed by atoms with Crippen molar-refractivity contribution < 1.29 is 13.9 Å². The molecule has 0 aliphatic rings. The fourth-order valence-corrected chi connectivity index (χ4v) is 1.07. The quantitative estimate of drug-likeness (QED) is 0.698. The van der Waals surface area contributed by atoms with Gasteiger partial charge in [-0.2, -0.15) is 0 Å². The summed E-state index contributed by atoms with van der Waals surface area (Å²) in [6, 6.07) is 7.36. The highest BCUT2D eigenvalue weighted by Gasteiger charge is 1.96. The van der Waals surface area contributed by atoms with Gasteiger partial charge in [0.1, 0.15) is 5.75 Å². The Bertz CT molecular complexity index is 250. The first-order valence-electron chi connectivity index (χ1n) is 4.13. The summed E-state index contributed by atoms with van der Waals surface area (Å²) < 4.78 is 21.5. The molecule has 0 radical (unpaired) electrons. The second kappa shape index (κ2) is 5.54. The van der Waals surface area contributed by atoms with E-state index in [-0.39, 0.29) is 0 Å². The van der Waals surface area contributed by atoms with Crippen molar-refractivity contribution in [3.05, 3.63) is 29.8 Å². The Morgan fingerprint density at radius 1 is 1.38 bits per heavy atom. The SMILES string of the molecule is COCCc1cccc(OCF)c1. The molecule has 72 valence electrons. The van der Waals surface area contributed by atoms with Gasteiger partial charge in [0.25, 0.3) is 0 Å². The van der Waals surface area contributed by atoms with E-state index in [2.05, 4.69) is 0 Å². The van der Waals surface area contributed by atoms with Gasteiger partial charge in [-0.1, -0.05) is 12.1 Å². The molecule has 3 heteroatoms. The lowest BCUT2D eigenvalue weighted by Gasteiger charge is -2.04. The monoisotopic (exact) mass is 184 g/mol. The number of ether oxygens (including phenoxy) is 2. The van der Waals surface area contributed by atoms with Crippen LogP contribution in [0.2, 0.25) is 0 Å². The van der Waals surface area contributed by atoms with Crippen LogP contribution in [-0.2, 0) is 11.2 Å². The molecule has 0 N–H and O–H groups in total. The molecule has 0 atom stereocenters. The van der Waals surface area contributed by atoms with Gasteiger partial charge in [0.15, 0.2) is 0 Å². The number of benzene rings is 1. The average Bonchev–Trinajstić information content (AvgIpc) is 2.16. The van der Waals surface area contributed by atoms with Gasteiger partial charge in [0, 0.05) is 7.11 Å². The van der Waals surface area contributed by atoms with Crippen LogP contribution in [0.3, 0.4) is 0 Å². The van der Waals surface area contributed by atoms with Crippen LogP contribution in [0.1, 0.15) is 5.56 Å². The molecule has 0 unspecified atom stereocenters. The molecular weight excluding hydrogens is 171 g/mol. The lowest BCUT2D eigenvalue weighted by Crippen LogP contribution is -1.95. The Labute approximate surface area is 77.3 Å². The highest BCUT2D eigenvalue weighted by Crippen LogP contribution is 2.13. The van der Waals surface area contributed by atoms with Crippen molar-refractivity contribution in [3.63, 3.8) is 0 Å². The van der Waals surface area contributed by atoms with E-state index in [4.69, 9.17) is 9.47 Å². The predicted octanol–water partition coefficient (Wildman–Crippen LogP) is 2.18. The molecule has 1 aromatic rings. The van der Waals surface area contributed by atoms with Crippen molar-refractivity contribution in [3.8, 4) is 5.75 Å². The molecule has 1 aromatic carbocycles. The molecular formula is C10H13FO2. The van der Waals surface area contributed by atoms with Gasteiger partial charge in [0.2, 0.25) is 6.86 Å². The summed E-state index contributed by atoms with van der Waals surface area (Å²) >= 11 is 0. The third kappa shape index (κ3) is 3.42. The van der Waals surface area contributed by atoms with Crippen LogP contribution in [-0.4, -0.2) is 20.6 Å². The van der Waals surface area contributed by atoms with Crippen molar-refractivity contribution in [1.29, 1.82) is 0 Å². The zero-order valence-corrected chi connectivity index (χ0v) is 7.63. The van der Waals surface area contributed by atoms with Gasteiger partial charge < -0.3 is 9.47 Å². The van der Waals surface area contributed by atoms with Crippen molar-refractivity contribution >= 4 is 0 Å². The van der Waals surface area contributed by atoms with Crippen LogP contribution in [0.5, 0.6) is 5.75 Å². The van der Waals surface area contributed by atoms with E-state index in [0.717, 1.165) is 12.0 Å².